The molecular formula is C18H18F3N5O2. The fourth-order valence-corrected chi connectivity index (χ4v) is 2.81. The predicted octanol–water partition coefficient (Wildman–Crippen LogP) is 2.17. The Labute approximate surface area is 159 Å². The summed E-state index contributed by atoms with van der Waals surface area (Å²) in [7, 11) is 0. The van der Waals surface area contributed by atoms with Crippen molar-refractivity contribution in [2.45, 2.75) is 12.6 Å². The number of amides is 2. The van der Waals surface area contributed by atoms with Crippen LogP contribution in [0.25, 0.3) is 0 Å². The molecule has 1 aliphatic heterocycles. The molecule has 1 N–H and O–H groups in total. The standard InChI is InChI=1S/C18H18F3N5O2/c19-18(20,21)13-2-4-14(5-3-13)24-15(27)12-16(28)25-8-10-26(11-9-25)17-22-6-1-7-23-17/h1-7H,8-12H2,(H,24,27). The first-order valence-corrected chi connectivity index (χ1v) is 8.60. The van der Waals surface area contributed by atoms with Crippen molar-refractivity contribution >= 4 is 23.5 Å². The molecule has 2 amide bonds. The highest BCUT2D eigenvalue weighted by Crippen LogP contribution is 2.29. The lowest BCUT2D eigenvalue weighted by molar-refractivity contribution is -0.137. The lowest BCUT2D eigenvalue weighted by atomic mass is 10.2. The monoisotopic (exact) mass is 393 g/mol. The maximum atomic E-state index is 12.5. The van der Waals surface area contributed by atoms with Crippen molar-refractivity contribution in [3.8, 4) is 0 Å². The van der Waals surface area contributed by atoms with E-state index in [9.17, 15) is 22.8 Å². The van der Waals surface area contributed by atoms with E-state index in [1.807, 2.05) is 4.90 Å². The van der Waals surface area contributed by atoms with Crippen LogP contribution in [0.5, 0.6) is 0 Å². The van der Waals surface area contributed by atoms with Crippen molar-refractivity contribution in [2.24, 2.45) is 0 Å². The maximum absolute atomic E-state index is 12.5. The third-order valence-electron chi connectivity index (χ3n) is 4.28. The summed E-state index contributed by atoms with van der Waals surface area (Å²) in [6.45, 7) is 1.97. The molecule has 0 aliphatic carbocycles. The minimum Gasteiger partial charge on any atom is -0.339 e. The molecule has 148 valence electrons. The van der Waals surface area contributed by atoms with Crippen LogP contribution in [-0.2, 0) is 15.8 Å². The molecule has 2 aromatic rings. The van der Waals surface area contributed by atoms with E-state index in [0.29, 0.717) is 32.1 Å². The van der Waals surface area contributed by atoms with Crippen molar-refractivity contribution in [1.82, 2.24) is 14.9 Å². The molecule has 7 nitrogen and oxygen atoms in total. The SMILES string of the molecule is O=C(CC(=O)N1CCN(c2ncccn2)CC1)Nc1ccc(C(F)(F)F)cc1. The van der Waals surface area contributed by atoms with Gasteiger partial charge in [-0.3, -0.25) is 9.59 Å². The van der Waals surface area contributed by atoms with Crippen molar-refractivity contribution in [3.63, 3.8) is 0 Å². The zero-order chi connectivity index (χ0) is 20.1. The lowest BCUT2D eigenvalue weighted by Crippen LogP contribution is -2.49. The van der Waals surface area contributed by atoms with Gasteiger partial charge < -0.3 is 15.1 Å². The van der Waals surface area contributed by atoms with E-state index in [4.69, 9.17) is 0 Å². The van der Waals surface area contributed by atoms with Gasteiger partial charge in [0.15, 0.2) is 0 Å². The lowest BCUT2D eigenvalue weighted by Gasteiger charge is -2.34. The molecule has 10 heteroatoms. The number of alkyl halides is 3. The Morgan fingerprint density at radius 1 is 1.00 bits per heavy atom. The second-order valence-corrected chi connectivity index (χ2v) is 6.22. The number of carbonyl (C=O) groups excluding carboxylic acids is 2. The van der Waals surface area contributed by atoms with Gasteiger partial charge in [0.05, 0.1) is 5.56 Å². The molecule has 0 unspecified atom stereocenters. The zero-order valence-electron chi connectivity index (χ0n) is 14.8. The van der Waals surface area contributed by atoms with Crippen LogP contribution in [-0.4, -0.2) is 52.9 Å². The van der Waals surface area contributed by atoms with Crippen LogP contribution in [0.3, 0.4) is 0 Å². The summed E-state index contributed by atoms with van der Waals surface area (Å²) in [6.07, 6.45) is -1.52. The Morgan fingerprint density at radius 2 is 1.61 bits per heavy atom. The number of nitrogens with zero attached hydrogens (tertiary/aromatic N) is 4. The molecule has 1 aromatic heterocycles. The van der Waals surface area contributed by atoms with Gasteiger partial charge in [-0.2, -0.15) is 13.2 Å². The average Bonchev–Trinajstić information content (AvgIpc) is 2.68. The number of carbonyl (C=O) groups is 2. The molecule has 0 bridgehead atoms. The van der Waals surface area contributed by atoms with Gasteiger partial charge >= 0.3 is 6.18 Å². The topological polar surface area (TPSA) is 78.4 Å². The number of halogens is 3. The van der Waals surface area contributed by atoms with Crippen LogP contribution >= 0.6 is 0 Å². The number of aromatic nitrogens is 2. The minimum atomic E-state index is -4.44. The van der Waals surface area contributed by atoms with E-state index < -0.39 is 17.6 Å². The fraction of sp³-hybridized carbons (Fsp3) is 0.333. The third kappa shape index (κ3) is 4.96. The van der Waals surface area contributed by atoms with Crippen LogP contribution in [0.15, 0.2) is 42.7 Å². The maximum Gasteiger partial charge on any atom is 0.416 e. The zero-order valence-corrected chi connectivity index (χ0v) is 14.8. The van der Waals surface area contributed by atoms with Crippen molar-refractivity contribution < 1.29 is 22.8 Å². The Kier molecular flexibility index (Phi) is 5.76. The van der Waals surface area contributed by atoms with E-state index in [2.05, 4.69) is 15.3 Å². The first-order chi connectivity index (χ1) is 13.3. The summed E-state index contributed by atoms with van der Waals surface area (Å²) in [5.41, 5.74) is -0.598. The molecule has 3 rings (SSSR count). The smallest absolute Gasteiger partial charge is 0.339 e. The first kappa shape index (κ1) is 19.6. The fourth-order valence-electron chi connectivity index (χ4n) is 2.81. The second kappa shape index (κ2) is 8.24. The Balaban J connectivity index is 1.48. The highest BCUT2D eigenvalue weighted by atomic mass is 19.4. The molecule has 0 spiro atoms. The van der Waals surface area contributed by atoms with Gasteiger partial charge in [0.25, 0.3) is 0 Å². The molecule has 28 heavy (non-hydrogen) atoms. The Hall–Kier alpha value is -3.17. The van der Waals surface area contributed by atoms with E-state index in [-0.39, 0.29) is 18.0 Å². The number of piperazine rings is 1. The minimum absolute atomic E-state index is 0.205. The predicted molar refractivity (Wildman–Crippen MR) is 95.5 cm³/mol. The number of nitrogens with one attached hydrogen (secondary N) is 1. The molecule has 1 aliphatic rings. The summed E-state index contributed by atoms with van der Waals surface area (Å²) >= 11 is 0. The number of anilines is 2. The van der Waals surface area contributed by atoms with Crippen molar-refractivity contribution in [1.29, 1.82) is 0 Å². The molecule has 0 saturated carbocycles. The summed E-state index contributed by atoms with van der Waals surface area (Å²) in [5, 5.41) is 2.44. The van der Waals surface area contributed by atoms with E-state index in [0.717, 1.165) is 24.3 Å². The van der Waals surface area contributed by atoms with Gasteiger partial charge in [-0.25, -0.2) is 9.97 Å². The van der Waals surface area contributed by atoms with Gasteiger partial charge in [-0.05, 0) is 30.3 Å². The molecule has 1 fully saturated rings. The highest BCUT2D eigenvalue weighted by Gasteiger charge is 2.30. The van der Waals surface area contributed by atoms with Gasteiger partial charge in [-0.15, -0.1) is 0 Å². The summed E-state index contributed by atoms with van der Waals surface area (Å²) < 4.78 is 37.6. The molecule has 2 heterocycles. The van der Waals surface area contributed by atoms with Gasteiger partial charge in [0, 0.05) is 44.3 Å². The van der Waals surface area contributed by atoms with E-state index in [1.165, 1.54) is 0 Å². The quantitative estimate of drug-likeness (QED) is 0.806. The Bertz CT molecular complexity index is 819. The van der Waals surface area contributed by atoms with E-state index in [1.54, 1.807) is 23.4 Å². The largest absolute Gasteiger partial charge is 0.416 e. The normalized spacial score (nSPS) is 14.7. The number of hydrogen-bond acceptors (Lipinski definition) is 5. The second-order valence-electron chi connectivity index (χ2n) is 6.22. The molecule has 1 saturated heterocycles. The number of rotatable bonds is 4. The Morgan fingerprint density at radius 3 is 2.18 bits per heavy atom. The van der Waals surface area contributed by atoms with Crippen LogP contribution in [0.1, 0.15) is 12.0 Å². The van der Waals surface area contributed by atoms with Crippen LogP contribution < -0.4 is 10.2 Å². The highest BCUT2D eigenvalue weighted by molar-refractivity contribution is 6.03. The number of hydrogen-bond donors (Lipinski definition) is 1. The van der Waals surface area contributed by atoms with Crippen LogP contribution in [0, 0.1) is 0 Å². The summed E-state index contributed by atoms with van der Waals surface area (Å²) in [6, 6.07) is 5.79. The van der Waals surface area contributed by atoms with E-state index >= 15 is 0 Å². The molecular weight excluding hydrogens is 375 g/mol. The average molecular weight is 393 g/mol. The van der Waals surface area contributed by atoms with Gasteiger partial charge in [-0.1, -0.05) is 0 Å². The molecule has 0 radical (unpaired) electrons. The van der Waals surface area contributed by atoms with Crippen molar-refractivity contribution in [3.05, 3.63) is 48.3 Å². The number of benzene rings is 1. The van der Waals surface area contributed by atoms with Gasteiger partial charge in [0.2, 0.25) is 17.8 Å². The summed E-state index contributed by atoms with van der Waals surface area (Å²) in [5.74, 6) is -0.314. The molecule has 0 atom stereocenters. The van der Waals surface area contributed by atoms with Gasteiger partial charge in [0.1, 0.15) is 6.42 Å². The van der Waals surface area contributed by atoms with Crippen LogP contribution in [0.4, 0.5) is 24.8 Å². The molecule has 1 aromatic carbocycles. The van der Waals surface area contributed by atoms with Crippen molar-refractivity contribution in [2.75, 3.05) is 36.4 Å². The third-order valence-corrected chi connectivity index (χ3v) is 4.28. The summed E-state index contributed by atoms with van der Waals surface area (Å²) in [4.78, 5) is 36.2. The van der Waals surface area contributed by atoms with Crippen LogP contribution in [0.2, 0.25) is 0 Å². The first-order valence-electron chi connectivity index (χ1n) is 8.60.